The van der Waals surface area contributed by atoms with Gasteiger partial charge in [0.05, 0.1) is 11.8 Å². The summed E-state index contributed by atoms with van der Waals surface area (Å²) in [6.07, 6.45) is -3.62. The maximum Gasteiger partial charge on any atom is 0.417 e. The highest BCUT2D eigenvalue weighted by Crippen LogP contribution is 2.33. The summed E-state index contributed by atoms with van der Waals surface area (Å²) >= 11 is 0. The summed E-state index contributed by atoms with van der Waals surface area (Å²) < 4.78 is 53.6. The van der Waals surface area contributed by atoms with E-state index in [0.29, 0.717) is 5.56 Å². The van der Waals surface area contributed by atoms with E-state index in [2.05, 4.69) is 5.16 Å². The van der Waals surface area contributed by atoms with Gasteiger partial charge in [0.25, 0.3) is 0 Å². The minimum atomic E-state index is -4.44. The summed E-state index contributed by atoms with van der Waals surface area (Å²) in [6, 6.07) is 2.38. The molecule has 1 N–H and O–H groups in total. The summed E-state index contributed by atoms with van der Waals surface area (Å²) in [4.78, 5) is 0. The van der Waals surface area contributed by atoms with Crippen LogP contribution in [0.15, 0.2) is 17.3 Å². The van der Waals surface area contributed by atoms with Crippen LogP contribution in [0.1, 0.15) is 22.3 Å². The second-order valence-electron chi connectivity index (χ2n) is 3.21. The van der Waals surface area contributed by atoms with Crippen LogP contribution in [-0.4, -0.2) is 11.4 Å². The van der Waals surface area contributed by atoms with Gasteiger partial charge in [-0.2, -0.15) is 13.2 Å². The van der Waals surface area contributed by atoms with Gasteiger partial charge in [-0.15, -0.1) is 0 Å². The first kappa shape index (κ1) is 15.3. The van der Waals surface area contributed by atoms with Gasteiger partial charge in [-0.25, -0.2) is 0 Å². The maximum absolute atomic E-state index is 12.5. The monoisotopic (exact) mass is 255 g/mol. The SMILES string of the molecule is Cc1ccc(C(F)(F)F)c(/C=N\O)c1C.FF. The van der Waals surface area contributed by atoms with Crippen LogP contribution in [0.4, 0.5) is 22.3 Å². The van der Waals surface area contributed by atoms with Gasteiger partial charge in [-0.05, 0) is 31.0 Å². The van der Waals surface area contributed by atoms with Gasteiger partial charge in [0, 0.05) is 14.7 Å². The third-order valence-electron chi connectivity index (χ3n) is 2.28. The predicted octanol–water partition coefficient (Wildman–Crippen LogP) is 3.97. The molecule has 96 valence electrons. The largest absolute Gasteiger partial charge is 0.417 e. The molecule has 1 aromatic carbocycles. The summed E-state index contributed by atoms with van der Waals surface area (Å²) in [7, 11) is 0. The van der Waals surface area contributed by atoms with E-state index in [1.807, 2.05) is 0 Å². The van der Waals surface area contributed by atoms with E-state index in [-0.39, 0.29) is 5.56 Å². The van der Waals surface area contributed by atoms with Gasteiger partial charge in [0.2, 0.25) is 0 Å². The highest BCUT2D eigenvalue weighted by atomic mass is 20.0. The number of oxime groups is 1. The van der Waals surface area contributed by atoms with E-state index in [0.717, 1.165) is 17.8 Å². The van der Waals surface area contributed by atoms with Gasteiger partial charge in [0.1, 0.15) is 0 Å². The molecule has 0 bridgehead atoms. The van der Waals surface area contributed by atoms with E-state index in [1.165, 1.54) is 6.07 Å². The molecule has 0 unspecified atom stereocenters. The predicted molar refractivity (Wildman–Crippen MR) is 52.5 cm³/mol. The lowest BCUT2D eigenvalue weighted by Gasteiger charge is -2.13. The smallest absolute Gasteiger partial charge is 0.411 e. The van der Waals surface area contributed by atoms with Crippen LogP contribution < -0.4 is 0 Å². The van der Waals surface area contributed by atoms with Crippen molar-refractivity contribution in [1.29, 1.82) is 0 Å². The normalized spacial score (nSPS) is 11.2. The zero-order valence-electron chi connectivity index (χ0n) is 9.02. The van der Waals surface area contributed by atoms with Crippen molar-refractivity contribution in [3.05, 3.63) is 34.4 Å². The lowest BCUT2D eigenvalue weighted by atomic mass is 9.98. The summed E-state index contributed by atoms with van der Waals surface area (Å²) in [5.41, 5.74) is 0.300. The molecule has 0 aliphatic carbocycles. The Morgan fingerprint density at radius 2 is 1.71 bits per heavy atom. The lowest BCUT2D eigenvalue weighted by molar-refractivity contribution is -0.137. The fraction of sp³-hybridized carbons (Fsp3) is 0.300. The van der Waals surface area contributed by atoms with Crippen LogP contribution >= 0.6 is 0 Å². The van der Waals surface area contributed by atoms with Crippen LogP contribution in [0.5, 0.6) is 0 Å². The second-order valence-corrected chi connectivity index (χ2v) is 3.21. The van der Waals surface area contributed by atoms with Gasteiger partial charge >= 0.3 is 6.18 Å². The first-order valence-corrected chi connectivity index (χ1v) is 4.37. The van der Waals surface area contributed by atoms with Crippen LogP contribution in [0.2, 0.25) is 0 Å². The second kappa shape index (κ2) is 6.17. The molecule has 7 heteroatoms. The summed E-state index contributed by atoms with van der Waals surface area (Å²) in [6.45, 7) is 3.26. The van der Waals surface area contributed by atoms with Crippen LogP contribution in [0.3, 0.4) is 0 Å². The lowest BCUT2D eigenvalue weighted by Crippen LogP contribution is -2.11. The molecular formula is C10H10F5NO. The average Bonchev–Trinajstić information content (AvgIpc) is 2.26. The minimum absolute atomic E-state index is 0.0926. The standard InChI is InChI=1S/C10H10F3NO.F2/c1-6-3-4-9(10(11,12)13)8(5-14-15)7(6)2;1-2/h3-5,15H,1-2H3;/b14-5-;. The zero-order chi connectivity index (χ0) is 13.6. The number of aryl methyl sites for hydroxylation is 1. The molecular weight excluding hydrogens is 245 g/mol. The topological polar surface area (TPSA) is 32.6 Å². The number of nitrogens with zero attached hydrogens (tertiary/aromatic N) is 1. The van der Waals surface area contributed by atoms with Crippen molar-refractivity contribution in [1.82, 2.24) is 0 Å². The van der Waals surface area contributed by atoms with E-state index in [1.54, 1.807) is 13.8 Å². The van der Waals surface area contributed by atoms with Crippen molar-refractivity contribution in [3.63, 3.8) is 0 Å². The third-order valence-corrected chi connectivity index (χ3v) is 2.28. The molecule has 0 aromatic heterocycles. The number of hydrogen-bond donors (Lipinski definition) is 1. The summed E-state index contributed by atoms with van der Waals surface area (Å²) in [5.74, 6) is 0. The average molecular weight is 255 g/mol. The molecule has 2 nitrogen and oxygen atoms in total. The van der Waals surface area contributed by atoms with Crippen molar-refractivity contribution in [2.24, 2.45) is 5.16 Å². The Morgan fingerprint density at radius 3 is 2.12 bits per heavy atom. The Morgan fingerprint density at radius 1 is 1.18 bits per heavy atom. The molecule has 0 amide bonds. The van der Waals surface area contributed by atoms with Crippen LogP contribution in [-0.2, 0) is 6.18 Å². The molecule has 0 aliphatic rings. The minimum Gasteiger partial charge on any atom is -0.411 e. The summed E-state index contributed by atoms with van der Waals surface area (Å²) in [5, 5.41) is 11.0. The van der Waals surface area contributed by atoms with Gasteiger partial charge in [-0.3, -0.25) is 0 Å². The molecule has 1 rings (SSSR count). The molecule has 0 saturated carbocycles. The number of alkyl halides is 3. The molecule has 0 radical (unpaired) electrons. The molecule has 0 heterocycles. The number of rotatable bonds is 1. The van der Waals surface area contributed by atoms with E-state index in [4.69, 9.17) is 14.4 Å². The molecule has 0 saturated heterocycles. The number of halogens is 5. The Balaban J connectivity index is 0.00000121. The van der Waals surface area contributed by atoms with E-state index >= 15 is 0 Å². The van der Waals surface area contributed by atoms with Crippen molar-refractivity contribution in [2.45, 2.75) is 20.0 Å². The molecule has 0 aliphatic heterocycles. The number of benzene rings is 1. The first-order chi connectivity index (χ1) is 7.88. The first-order valence-electron chi connectivity index (χ1n) is 4.37. The van der Waals surface area contributed by atoms with Crippen molar-refractivity contribution >= 4 is 6.21 Å². The van der Waals surface area contributed by atoms with Crippen LogP contribution in [0, 0.1) is 13.8 Å². The molecule has 0 atom stereocenters. The Hall–Kier alpha value is -1.66. The van der Waals surface area contributed by atoms with Crippen molar-refractivity contribution < 1.29 is 27.5 Å². The molecule has 0 spiro atoms. The van der Waals surface area contributed by atoms with E-state index in [9.17, 15) is 13.2 Å². The quantitative estimate of drug-likeness (QED) is 0.350. The Labute approximate surface area is 94.2 Å². The van der Waals surface area contributed by atoms with Gasteiger partial charge in [-0.1, -0.05) is 11.2 Å². The molecule has 17 heavy (non-hydrogen) atoms. The van der Waals surface area contributed by atoms with E-state index < -0.39 is 11.7 Å². The zero-order valence-corrected chi connectivity index (χ0v) is 9.02. The van der Waals surface area contributed by atoms with Crippen molar-refractivity contribution in [3.8, 4) is 0 Å². The fourth-order valence-electron chi connectivity index (χ4n) is 1.31. The van der Waals surface area contributed by atoms with Crippen molar-refractivity contribution in [2.75, 3.05) is 0 Å². The van der Waals surface area contributed by atoms with Gasteiger partial charge < -0.3 is 5.21 Å². The third kappa shape index (κ3) is 3.69. The van der Waals surface area contributed by atoms with Crippen LogP contribution in [0.25, 0.3) is 0 Å². The maximum atomic E-state index is 12.5. The van der Waals surface area contributed by atoms with Gasteiger partial charge in [0.15, 0.2) is 0 Å². The highest BCUT2D eigenvalue weighted by Gasteiger charge is 2.33. The Bertz CT molecular complexity index is 400. The molecule has 0 fully saturated rings. The number of hydrogen-bond acceptors (Lipinski definition) is 2. The highest BCUT2D eigenvalue weighted by molar-refractivity contribution is 5.84. The fourth-order valence-corrected chi connectivity index (χ4v) is 1.31. The molecule has 1 aromatic rings. The Kier molecular flexibility index (Phi) is 5.57.